The Labute approximate surface area is 181 Å². The average Bonchev–Trinajstić information content (AvgIpc) is 3.14. The number of carbonyl (C=O) groups excluding carboxylic acids is 1. The summed E-state index contributed by atoms with van der Waals surface area (Å²) in [6.07, 6.45) is 3.41. The topological polar surface area (TPSA) is 105 Å². The van der Waals surface area contributed by atoms with E-state index >= 15 is 0 Å². The highest BCUT2D eigenvalue weighted by Gasteiger charge is 2.17. The van der Waals surface area contributed by atoms with Gasteiger partial charge in [0.15, 0.2) is 5.76 Å². The maximum Gasteiger partial charge on any atom is 0.321 e. The zero-order valence-electron chi connectivity index (χ0n) is 18.5. The van der Waals surface area contributed by atoms with Crippen molar-refractivity contribution in [1.29, 1.82) is 0 Å². The number of hydrogen-bond donors (Lipinski definition) is 2. The van der Waals surface area contributed by atoms with Gasteiger partial charge in [0.25, 0.3) is 5.56 Å². The number of aromatic nitrogens is 3. The van der Waals surface area contributed by atoms with Crippen molar-refractivity contribution in [3.63, 3.8) is 0 Å². The molecule has 0 saturated carbocycles. The predicted molar refractivity (Wildman–Crippen MR) is 120 cm³/mol. The number of anilines is 1. The van der Waals surface area contributed by atoms with Gasteiger partial charge in [-0.2, -0.15) is 0 Å². The number of hydrogen-bond acceptors (Lipinski definition) is 6. The number of furan rings is 1. The first-order valence-corrected chi connectivity index (χ1v) is 10.1. The number of nitrogens with one attached hydrogen (secondary N) is 2. The molecular weight excluding hydrogens is 396 g/mol. The van der Waals surface area contributed by atoms with Gasteiger partial charge in [-0.3, -0.25) is 10.1 Å². The molecule has 2 N–H and O–H groups in total. The Morgan fingerprint density at radius 2 is 2.00 bits per heavy atom. The lowest BCUT2D eigenvalue weighted by Crippen LogP contribution is -2.34. The molecule has 3 heterocycles. The summed E-state index contributed by atoms with van der Waals surface area (Å²) in [5.74, 6) is 1.45. The van der Waals surface area contributed by atoms with Crippen LogP contribution in [0.3, 0.4) is 0 Å². The quantitative estimate of drug-likeness (QED) is 0.604. The molecule has 0 fully saturated rings. The number of aryl methyl sites for hydroxylation is 1. The van der Waals surface area contributed by atoms with Gasteiger partial charge in [-0.05, 0) is 53.1 Å². The highest BCUT2D eigenvalue weighted by Crippen LogP contribution is 2.31. The summed E-state index contributed by atoms with van der Waals surface area (Å²) >= 11 is 0. The molecule has 2 amide bonds. The normalized spacial score (nSPS) is 11.2. The van der Waals surface area contributed by atoms with E-state index < -0.39 is 0 Å². The average molecular weight is 425 g/mol. The lowest BCUT2D eigenvalue weighted by atomic mass is 10.1. The molecular formula is C22H28N6O3. The first-order chi connectivity index (χ1) is 14.7. The molecule has 0 atom stereocenters. The van der Waals surface area contributed by atoms with Crippen molar-refractivity contribution < 1.29 is 9.21 Å². The van der Waals surface area contributed by atoms with E-state index in [2.05, 4.69) is 20.6 Å². The molecule has 0 radical (unpaired) electrons. The van der Waals surface area contributed by atoms with Crippen LogP contribution in [0.25, 0.3) is 22.6 Å². The van der Waals surface area contributed by atoms with Crippen molar-refractivity contribution in [3.05, 3.63) is 52.8 Å². The van der Waals surface area contributed by atoms with E-state index in [4.69, 9.17) is 4.42 Å². The van der Waals surface area contributed by atoms with Crippen LogP contribution in [0.2, 0.25) is 0 Å². The summed E-state index contributed by atoms with van der Waals surface area (Å²) in [5.41, 5.74) is 1.92. The fourth-order valence-corrected chi connectivity index (χ4v) is 3.01. The van der Waals surface area contributed by atoms with Gasteiger partial charge in [0.1, 0.15) is 11.5 Å². The number of urea groups is 1. The Balaban J connectivity index is 1.96. The minimum Gasteiger partial charge on any atom is -0.460 e. The summed E-state index contributed by atoms with van der Waals surface area (Å²) in [4.78, 5) is 35.2. The fraction of sp³-hybridized carbons (Fsp3) is 0.364. The molecule has 0 bridgehead atoms. The van der Waals surface area contributed by atoms with E-state index in [0.29, 0.717) is 23.6 Å². The van der Waals surface area contributed by atoms with Crippen LogP contribution in [0.15, 0.2) is 45.9 Å². The highest BCUT2D eigenvalue weighted by molar-refractivity contribution is 5.88. The first-order valence-electron chi connectivity index (χ1n) is 10.1. The number of nitrogens with zero attached hydrogens (tertiary/aromatic N) is 4. The van der Waals surface area contributed by atoms with E-state index in [1.165, 1.54) is 6.07 Å². The summed E-state index contributed by atoms with van der Waals surface area (Å²) in [6.45, 7) is 6.95. The largest absolute Gasteiger partial charge is 0.460 e. The van der Waals surface area contributed by atoms with Crippen LogP contribution in [0.5, 0.6) is 0 Å². The Kier molecular flexibility index (Phi) is 6.86. The van der Waals surface area contributed by atoms with Crippen molar-refractivity contribution in [1.82, 2.24) is 24.8 Å². The first kappa shape index (κ1) is 22.2. The second kappa shape index (κ2) is 9.57. The highest BCUT2D eigenvalue weighted by atomic mass is 16.3. The third-order valence-corrected chi connectivity index (χ3v) is 4.64. The van der Waals surface area contributed by atoms with Crippen molar-refractivity contribution in [2.24, 2.45) is 0 Å². The lowest BCUT2D eigenvalue weighted by molar-refractivity contribution is 0.250. The van der Waals surface area contributed by atoms with E-state index in [1.54, 1.807) is 23.0 Å². The van der Waals surface area contributed by atoms with Gasteiger partial charge in [-0.15, -0.1) is 0 Å². The molecule has 0 aliphatic carbocycles. The van der Waals surface area contributed by atoms with Crippen molar-refractivity contribution >= 4 is 12.0 Å². The minimum absolute atomic E-state index is 0.00877. The monoisotopic (exact) mass is 424 g/mol. The van der Waals surface area contributed by atoms with E-state index in [1.807, 2.05) is 51.9 Å². The standard InChI is InChI=1S/C22H28N6O3/c1-14(2)28-13-16(7-9-19(28)29)17-12-24-21(26-22(30)23-10-11-27(4)5)25-20(17)18-8-6-15(3)31-18/h6-9,12-14H,10-11H2,1-5H3,(H2,23,24,25,26,30). The molecule has 0 unspecified atom stereocenters. The molecule has 9 nitrogen and oxygen atoms in total. The molecule has 0 aromatic carbocycles. The van der Waals surface area contributed by atoms with Gasteiger partial charge in [0.05, 0.1) is 0 Å². The van der Waals surface area contributed by atoms with E-state index in [9.17, 15) is 9.59 Å². The van der Waals surface area contributed by atoms with Crippen LogP contribution >= 0.6 is 0 Å². The third kappa shape index (κ3) is 5.58. The van der Waals surface area contributed by atoms with Gasteiger partial charge in [-0.1, -0.05) is 0 Å². The molecule has 3 aromatic rings. The number of carbonyl (C=O) groups is 1. The maximum atomic E-state index is 12.2. The van der Waals surface area contributed by atoms with Crippen LogP contribution in [-0.2, 0) is 0 Å². The molecule has 0 saturated heterocycles. The van der Waals surface area contributed by atoms with Gasteiger partial charge in [-0.25, -0.2) is 14.8 Å². The van der Waals surface area contributed by atoms with Crippen molar-refractivity contribution in [2.45, 2.75) is 26.8 Å². The molecule has 0 aliphatic heterocycles. The van der Waals surface area contributed by atoms with Crippen LogP contribution in [0.1, 0.15) is 25.6 Å². The third-order valence-electron chi connectivity index (χ3n) is 4.64. The predicted octanol–water partition coefficient (Wildman–Crippen LogP) is 3.14. The lowest BCUT2D eigenvalue weighted by Gasteiger charge is -2.14. The molecule has 31 heavy (non-hydrogen) atoms. The zero-order valence-corrected chi connectivity index (χ0v) is 18.5. The Bertz CT molecular complexity index is 1120. The molecule has 164 valence electrons. The van der Waals surface area contributed by atoms with E-state index in [-0.39, 0.29) is 23.6 Å². The van der Waals surface area contributed by atoms with Crippen LogP contribution < -0.4 is 16.2 Å². The summed E-state index contributed by atoms with van der Waals surface area (Å²) < 4.78 is 7.44. The van der Waals surface area contributed by atoms with Gasteiger partial charge < -0.3 is 19.2 Å². The van der Waals surface area contributed by atoms with Crippen LogP contribution in [0.4, 0.5) is 10.7 Å². The van der Waals surface area contributed by atoms with Crippen LogP contribution in [-0.4, -0.2) is 52.7 Å². The summed E-state index contributed by atoms with van der Waals surface area (Å²) in [6, 6.07) is 6.55. The summed E-state index contributed by atoms with van der Waals surface area (Å²) in [7, 11) is 3.86. The van der Waals surface area contributed by atoms with Crippen molar-refractivity contribution in [3.8, 4) is 22.6 Å². The SMILES string of the molecule is Cc1ccc(-c2nc(NC(=O)NCCN(C)C)ncc2-c2ccc(=O)n(C(C)C)c2)o1. The fourth-order valence-electron chi connectivity index (χ4n) is 3.01. The molecule has 0 spiro atoms. The van der Waals surface area contributed by atoms with Gasteiger partial charge >= 0.3 is 6.03 Å². The second-order valence-electron chi connectivity index (χ2n) is 7.81. The molecule has 9 heteroatoms. The zero-order chi connectivity index (χ0) is 22.5. The van der Waals surface area contributed by atoms with Crippen molar-refractivity contribution in [2.75, 3.05) is 32.5 Å². The number of amides is 2. The Morgan fingerprint density at radius 1 is 1.23 bits per heavy atom. The second-order valence-corrected chi connectivity index (χ2v) is 7.81. The smallest absolute Gasteiger partial charge is 0.321 e. The minimum atomic E-state index is -0.385. The van der Waals surface area contributed by atoms with Gasteiger partial charge in [0.2, 0.25) is 5.95 Å². The summed E-state index contributed by atoms with van der Waals surface area (Å²) in [5, 5.41) is 5.43. The Hall–Kier alpha value is -3.46. The molecule has 0 aliphatic rings. The molecule has 3 aromatic heterocycles. The number of rotatable bonds is 7. The van der Waals surface area contributed by atoms with E-state index in [0.717, 1.165) is 17.9 Å². The number of likely N-dealkylation sites (N-methyl/N-ethyl adjacent to an activating group) is 1. The maximum absolute atomic E-state index is 12.2. The Morgan fingerprint density at radius 3 is 2.65 bits per heavy atom. The van der Waals surface area contributed by atoms with Crippen LogP contribution in [0, 0.1) is 6.92 Å². The van der Waals surface area contributed by atoms with Gasteiger partial charge in [0, 0.05) is 48.7 Å². The molecule has 3 rings (SSSR count). The number of pyridine rings is 1.